The average molecular weight is 274 g/mol. The van der Waals surface area contributed by atoms with E-state index >= 15 is 0 Å². The van der Waals surface area contributed by atoms with E-state index in [-0.39, 0.29) is 5.91 Å². The first-order chi connectivity index (χ1) is 9.49. The van der Waals surface area contributed by atoms with Crippen LogP contribution in [0.1, 0.15) is 43.5 Å². The SMILES string of the molecule is CC(C)CCN(C(=O)c1cccc(N(C)C)c1)C1CC1. The molecule has 0 atom stereocenters. The molecule has 1 saturated carbocycles. The van der Waals surface area contributed by atoms with Crippen LogP contribution in [0.5, 0.6) is 0 Å². The van der Waals surface area contributed by atoms with Gasteiger partial charge in [0.15, 0.2) is 0 Å². The lowest BCUT2D eigenvalue weighted by atomic mass is 10.1. The molecule has 110 valence electrons. The second kappa shape index (κ2) is 6.29. The molecule has 0 aromatic heterocycles. The first-order valence-electron chi connectivity index (χ1n) is 7.57. The Hall–Kier alpha value is -1.51. The summed E-state index contributed by atoms with van der Waals surface area (Å²) < 4.78 is 0. The number of anilines is 1. The molecule has 0 aliphatic heterocycles. The van der Waals surface area contributed by atoms with Crippen LogP contribution < -0.4 is 4.90 Å². The Balaban J connectivity index is 2.12. The maximum Gasteiger partial charge on any atom is 0.254 e. The van der Waals surface area contributed by atoms with Crippen molar-refractivity contribution in [1.29, 1.82) is 0 Å². The van der Waals surface area contributed by atoms with Crippen molar-refractivity contribution >= 4 is 11.6 Å². The van der Waals surface area contributed by atoms with Crippen molar-refractivity contribution in [1.82, 2.24) is 4.90 Å². The summed E-state index contributed by atoms with van der Waals surface area (Å²) in [5.74, 6) is 0.828. The standard InChI is InChI=1S/C17H26N2O/c1-13(2)10-11-19(15-8-9-15)17(20)14-6-5-7-16(12-14)18(3)4/h5-7,12-13,15H,8-11H2,1-4H3. The highest BCUT2D eigenvalue weighted by molar-refractivity contribution is 5.95. The Kier molecular flexibility index (Phi) is 4.69. The third-order valence-electron chi connectivity index (χ3n) is 3.81. The van der Waals surface area contributed by atoms with Gasteiger partial charge in [-0.05, 0) is 43.4 Å². The molecule has 1 aliphatic rings. The highest BCUT2D eigenvalue weighted by Crippen LogP contribution is 2.29. The van der Waals surface area contributed by atoms with Crippen LogP contribution in [0.3, 0.4) is 0 Å². The van der Waals surface area contributed by atoms with Crippen LogP contribution in [0.15, 0.2) is 24.3 Å². The summed E-state index contributed by atoms with van der Waals surface area (Å²) >= 11 is 0. The summed E-state index contributed by atoms with van der Waals surface area (Å²) in [6.07, 6.45) is 3.41. The number of amides is 1. The van der Waals surface area contributed by atoms with Crippen molar-refractivity contribution in [2.24, 2.45) is 5.92 Å². The molecule has 3 heteroatoms. The van der Waals surface area contributed by atoms with E-state index in [2.05, 4.69) is 18.7 Å². The van der Waals surface area contributed by atoms with Crippen molar-refractivity contribution in [3.05, 3.63) is 29.8 Å². The first-order valence-corrected chi connectivity index (χ1v) is 7.57. The average Bonchev–Trinajstić information content (AvgIpc) is 3.23. The van der Waals surface area contributed by atoms with Crippen molar-refractivity contribution in [2.45, 2.75) is 39.2 Å². The molecule has 0 radical (unpaired) electrons. The molecule has 0 saturated heterocycles. The Morgan fingerprint density at radius 3 is 2.55 bits per heavy atom. The minimum absolute atomic E-state index is 0.192. The molecular formula is C17H26N2O. The van der Waals surface area contributed by atoms with Gasteiger partial charge >= 0.3 is 0 Å². The predicted molar refractivity (Wildman–Crippen MR) is 84.3 cm³/mol. The zero-order valence-corrected chi connectivity index (χ0v) is 13.1. The zero-order chi connectivity index (χ0) is 14.7. The Morgan fingerprint density at radius 2 is 2.00 bits per heavy atom. The van der Waals surface area contributed by atoms with E-state index < -0.39 is 0 Å². The third kappa shape index (κ3) is 3.75. The summed E-state index contributed by atoms with van der Waals surface area (Å²) in [6.45, 7) is 5.30. The molecule has 0 heterocycles. The van der Waals surface area contributed by atoms with Gasteiger partial charge in [-0.15, -0.1) is 0 Å². The number of carbonyl (C=O) groups is 1. The van der Waals surface area contributed by atoms with Gasteiger partial charge in [0.05, 0.1) is 0 Å². The van der Waals surface area contributed by atoms with Gasteiger partial charge in [0.2, 0.25) is 0 Å². The van der Waals surface area contributed by atoms with E-state index in [1.807, 2.05) is 43.3 Å². The van der Waals surface area contributed by atoms with Crippen LogP contribution in [0, 0.1) is 5.92 Å². The minimum Gasteiger partial charge on any atom is -0.378 e. The normalized spacial score (nSPS) is 14.4. The van der Waals surface area contributed by atoms with Gasteiger partial charge in [0.1, 0.15) is 0 Å². The number of nitrogens with zero attached hydrogens (tertiary/aromatic N) is 2. The fourth-order valence-electron chi connectivity index (χ4n) is 2.32. The topological polar surface area (TPSA) is 23.6 Å². The lowest BCUT2D eigenvalue weighted by Crippen LogP contribution is -2.34. The van der Waals surface area contributed by atoms with E-state index in [0.717, 1.165) is 37.1 Å². The van der Waals surface area contributed by atoms with Crippen LogP contribution in [0.25, 0.3) is 0 Å². The monoisotopic (exact) mass is 274 g/mol. The molecule has 0 spiro atoms. The van der Waals surface area contributed by atoms with Gasteiger partial charge in [-0.2, -0.15) is 0 Å². The van der Waals surface area contributed by atoms with Crippen LogP contribution in [-0.2, 0) is 0 Å². The highest BCUT2D eigenvalue weighted by Gasteiger charge is 2.32. The molecule has 0 N–H and O–H groups in total. The van der Waals surface area contributed by atoms with Crippen LogP contribution >= 0.6 is 0 Å². The van der Waals surface area contributed by atoms with Gasteiger partial charge in [0.25, 0.3) is 5.91 Å². The van der Waals surface area contributed by atoms with Crippen molar-refractivity contribution < 1.29 is 4.79 Å². The summed E-state index contributed by atoms with van der Waals surface area (Å²) in [7, 11) is 4.00. The summed E-state index contributed by atoms with van der Waals surface area (Å²) in [5, 5.41) is 0. The first kappa shape index (κ1) is 14.9. The Labute approximate surface area is 122 Å². The molecule has 20 heavy (non-hydrogen) atoms. The van der Waals surface area contributed by atoms with E-state index in [0.29, 0.717) is 12.0 Å². The maximum absolute atomic E-state index is 12.7. The molecular weight excluding hydrogens is 248 g/mol. The number of rotatable bonds is 6. The van der Waals surface area contributed by atoms with Gasteiger partial charge in [-0.3, -0.25) is 4.79 Å². The second-order valence-electron chi connectivity index (χ2n) is 6.36. The van der Waals surface area contributed by atoms with Crippen LogP contribution in [-0.4, -0.2) is 37.5 Å². The second-order valence-corrected chi connectivity index (χ2v) is 6.36. The molecule has 1 aromatic rings. The molecule has 0 unspecified atom stereocenters. The third-order valence-corrected chi connectivity index (χ3v) is 3.81. The number of hydrogen-bond acceptors (Lipinski definition) is 2. The molecule has 1 amide bonds. The molecule has 3 nitrogen and oxygen atoms in total. The molecule has 1 fully saturated rings. The highest BCUT2D eigenvalue weighted by atomic mass is 16.2. The van der Waals surface area contributed by atoms with E-state index in [1.165, 1.54) is 0 Å². The van der Waals surface area contributed by atoms with E-state index in [4.69, 9.17) is 0 Å². The van der Waals surface area contributed by atoms with Gasteiger partial charge in [-0.25, -0.2) is 0 Å². The van der Waals surface area contributed by atoms with Crippen molar-refractivity contribution in [2.75, 3.05) is 25.5 Å². The zero-order valence-electron chi connectivity index (χ0n) is 13.1. The molecule has 1 aromatic carbocycles. The summed E-state index contributed by atoms with van der Waals surface area (Å²) in [5.41, 5.74) is 1.89. The van der Waals surface area contributed by atoms with Gasteiger partial charge < -0.3 is 9.80 Å². The molecule has 1 aliphatic carbocycles. The van der Waals surface area contributed by atoms with Crippen LogP contribution in [0.2, 0.25) is 0 Å². The quantitative estimate of drug-likeness (QED) is 0.793. The van der Waals surface area contributed by atoms with Crippen molar-refractivity contribution in [3.8, 4) is 0 Å². The Morgan fingerprint density at radius 1 is 1.30 bits per heavy atom. The predicted octanol–water partition coefficient (Wildman–Crippen LogP) is 3.40. The molecule has 2 rings (SSSR count). The van der Waals surface area contributed by atoms with Gasteiger partial charge in [0, 0.05) is 37.9 Å². The lowest BCUT2D eigenvalue weighted by Gasteiger charge is -2.24. The summed E-state index contributed by atoms with van der Waals surface area (Å²) in [6, 6.07) is 8.40. The number of benzene rings is 1. The minimum atomic E-state index is 0.192. The fourth-order valence-corrected chi connectivity index (χ4v) is 2.32. The lowest BCUT2D eigenvalue weighted by molar-refractivity contribution is 0.0735. The number of hydrogen-bond donors (Lipinski definition) is 0. The summed E-state index contributed by atoms with van der Waals surface area (Å²) in [4.78, 5) is 16.8. The smallest absolute Gasteiger partial charge is 0.254 e. The Bertz CT molecular complexity index is 464. The van der Waals surface area contributed by atoms with Gasteiger partial charge in [-0.1, -0.05) is 19.9 Å². The maximum atomic E-state index is 12.7. The molecule has 0 bridgehead atoms. The van der Waals surface area contributed by atoms with Crippen LogP contribution in [0.4, 0.5) is 5.69 Å². The number of carbonyl (C=O) groups excluding carboxylic acids is 1. The van der Waals surface area contributed by atoms with E-state index in [9.17, 15) is 4.79 Å². The largest absolute Gasteiger partial charge is 0.378 e. The van der Waals surface area contributed by atoms with Crippen molar-refractivity contribution in [3.63, 3.8) is 0 Å². The fraction of sp³-hybridized carbons (Fsp3) is 0.588. The van der Waals surface area contributed by atoms with E-state index in [1.54, 1.807) is 0 Å².